The maximum atomic E-state index is 12.5. The quantitative estimate of drug-likeness (QED) is 0.515. The van der Waals surface area contributed by atoms with Gasteiger partial charge in [-0.3, -0.25) is 19.8 Å². The number of nitro benzene ring substituents is 1. The number of amides is 1. The van der Waals surface area contributed by atoms with Crippen molar-refractivity contribution in [2.75, 3.05) is 12.4 Å². The third kappa shape index (κ3) is 5.86. The molecule has 0 saturated carbocycles. The summed E-state index contributed by atoms with van der Waals surface area (Å²) < 4.78 is 28.7. The highest BCUT2D eigenvalue weighted by molar-refractivity contribution is 6.33. The van der Waals surface area contributed by atoms with Crippen LogP contribution in [-0.2, 0) is 11.3 Å². The number of nitro groups is 1. The van der Waals surface area contributed by atoms with E-state index >= 15 is 0 Å². The molecule has 1 N–H and O–H groups in total. The van der Waals surface area contributed by atoms with Crippen molar-refractivity contribution in [2.24, 2.45) is 0 Å². The Hall–Kier alpha value is -2.78. The number of halogens is 3. The van der Waals surface area contributed by atoms with Crippen molar-refractivity contribution in [2.45, 2.75) is 26.1 Å². The third-order valence-electron chi connectivity index (χ3n) is 4.04. The molecule has 0 saturated heterocycles. The van der Waals surface area contributed by atoms with Crippen LogP contribution < -0.4 is 10.1 Å². The second-order valence-corrected chi connectivity index (χ2v) is 6.43. The van der Waals surface area contributed by atoms with Gasteiger partial charge in [0.25, 0.3) is 5.69 Å². The topological polar surface area (TPSA) is 84.7 Å². The average Bonchev–Trinajstić information content (AvgIpc) is 2.63. The van der Waals surface area contributed by atoms with E-state index in [2.05, 4.69) is 10.1 Å². The summed E-state index contributed by atoms with van der Waals surface area (Å²) >= 11 is 5.99. The summed E-state index contributed by atoms with van der Waals surface area (Å²) in [5.74, 6) is -0.352. The van der Waals surface area contributed by atoms with Crippen LogP contribution >= 0.6 is 11.6 Å². The van der Waals surface area contributed by atoms with Crippen molar-refractivity contribution in [3.63, 3.8) is 0 Å². The van der Waals surface area contributed by atoms with Gasteiger partial charge in [-0.15, -0.1) is 0 Å². The maximum Gasteiger partial charge on any atom is 0.387 e. The first kappa shape index (κ1) is 21.5. The second kappa shape index (κ2) is 9.43. The highest BCUT2D eigenvalue weighted by Gasteiger charge is 2.20. The van der Waals surface area contributed by atoms with Crippen molar-refractivity contribution < 1.29 is 23.2 Å². The van der Waals surface area contributed by atoms with Crippen LogP contribution in [0.3, 0.4) is 0 Å². The maximum absolute atomic E-state index is 12.5. The van der Waals surface area contributed by atoms with Crippen molar-refractivity contribution in [3.8, 4) is 5.75 Å². The van der Waals surface area contributed by atoms with Crippen molar-refractivity contribution in [1.29, 1.82) is 0 Å². The zero-order valence-electron chi connectivity index (χ0n) is 15.1. The van der Waals surface area contributed by atoms with E-state index in [1.165, 1.54) is 30.3 Å². The number of carbonyl (C=O) groups excluding carboxylic acids is 1. The fourth-order valence-corrected chi connectivity index (χ4v) is 2.53. The minimum absolute atomic E-state index is 0.0486. The van der Waals surface area contributed by atoms with Crippen LogP contribution in [-0.4, -0.2) is 35.4 Å². The van der Waals surface area contributed by atoms with Gasteiger partial charge in [0.05, 0.1) is 21.7 Å². The molecule has 2 aromatic carbocycles. The van der Waals surface area contributed by atoms with E-state index in [1.54, 1.807) is 31.0 Å². The minimum Gasteiger partial charge on any atom is -0.435 e. The first-order valence-corrected chi connectivity index (χ1v) is 8.54. The van der Waals surface area contributed by atoms with E-state index in [9.17, 15) is 23.7 Å². The Morgan fingerprint density at radius 1 is 1.29 bits per heavy atom. The number of benzene rings is 2. The molecule has 0 aliphatic carbocycles. The Labute approximate surface area is 165 Å². The number of anilines is 1. The van der Waals surface area contributed by atoms with Gasteiger partial charge in [0.15, 0.2) is 0 Å². The largest absolute Gasteiger partial charge is 0.435 e. The molecule has 150 valence electrons. The van der Waals surface area contributed by atoms with Gasteiger partial charge in [-0.2, -0.15) is 8.78 Å². The van der Waals surface area contributed by atoms with Gasteiger partial charge < -0.3 is 10.1 Å². The van der Waals surface area contributed by atoms with Gasteiger partial charge in [0.2, 0.25) is 5.91 Å². The molecule has 28 heavy (non-hydrogen) atoms. The first-order chi connectivity index (χ1) is 13.2. The Morgan fingerprint density at radius 3 is 2.50 bits per heavy atom. The molecule has 2 aromatic rings. The van der Waals surface area contributed by atoms with Gasteiger partial charge in [-0.25, -0.2) is 0 Å². The molecule has 7 nitrogen and oxygen atoms in total. The van der Waals surface area contributed by atoms with Gasteiger partial charge in [-0.1, -0.05) is 23.7 Å². The molecule has 0 aromatic heterocycles. The lowest BCUT2D eigenvalue weighted by atomic mass is 10.1. The zero-order valence-corrected chi connectivity index (χ0v) is 15.8. The SMILES string of the molecule is CC(C(=O)Nc1cc([N+](=O)[O-])ccc1Cl)N(C)Cc1ccc(OC(F)F)cc1. The molecule has 1 unspecified atom stereocenters. The fourth-order valence-electron chi connectivity index (χ4n) is 2.36. The van der Waals surface area contributed by atoms with Gasteiger partial charge >= 0.3 is 6.61 Å². The number of ether oxygens (including phenoxy) is 1. The lowest BCUT2D eigenvalue weighted by Crippen LogP contribution is -2.39. The lowest BCUT2D eigenvalue weighted by molar-refractivity contribution is -0.384. The number of carbonyl (C=O) groups is 1. The van der Waals surface area contributed by atoms with Crippen LogP contribution in [0.4, 0.5) is 20.2 Å². The molecule has 1 atom stereocenters. The number of non-ortho nitro benzene ring substituents is 1. The van der Waals surface area contributed by atoms with E-state index < -0.39 is 23.5 Å². The van der Waals surface area contributed by atoms with Gasteiger partial charge in [-0.05, 0) is 37.7 Å². The van der Waals surface area contributed by atoms with Gasteiger partial charge in [0, 0.05) is 18.7 Å². The lowest BCUT2D eigenvalue weighted by Gasteiger charge is -2.24. The number of likely N-dealkylation sites (N-methyl/N-ethyl adjacent to an activating group) is 1. The van der Waals surface area contributed by atoms with Crippen molar-refractivity contribution in [1.82, 2.24) is 4.90 Å². The van der Waals surface area contributed by atoms with E-state index in [-0.39, 0.29) is 22.1 Å². The minimum atomic E-state index is -2.89. The van der Waals surface area contributed by atoms with E-state index in [1.807, 2.05) is 0 Å². The summed E-state index contributed by atoms with van der Waals surface area (Å²) in [6.07, 6.45) is 0. The Morgan fingerprint density at radius 2 is 1.93 bits per heavy atom. The van der Waals surface area contributed by atoms with Crippen molar-refractivity contribution in [3.05, 3.63) is 63.2 Å². The molecule has 0 radical (unpaired) electrons. The number of hydrogen-bond donors (Lipinski definition) is 1. The predicted molar refractivity (Wildman–Crippen MR) is 101 cm³/mol. The van der Waals surface area contributed by atoms with Gasteiger partial charge in [0.1, 0.15) is 5.75 Å². The fraction of sp³-hybridized carbons (Fsp3) is 0.278. The van der Waals surface area contributed by atoms with Crippen LogP contribution in [0.5, 0.6) is 5.75 Å². The molecule has 0 spiro atoms. The highest BCUT2D eigenvalue weighted by atomic mass is 35.5. The van der Waals surface area contributed by atoms with Crippen LogP contribution in [0.15, 0.2) is 42.5 Å². The Bertz CT molecular complexity index is 849. The Balaban J connectivity index is 2.00. The standard InChI is InChI=1S/C18H18ClF2N3O4/c1-11(17(25)22-16-9-13(24(26)27)5-8-15(16)19)23(2)10-12-3-6-14(7-4-12)28-18(20)21/h3-9,11,18H,10H2,1-2H3,(H,22,25). The Kier molecular flexibility index (Phi) is 7.24. The summed E-state index contributed by atoms with van der Waals surface area (Å²) in [5.41, 5.74) is 0.749. The molecule has 1 amide bonds. The van der Waals surface area contributed by atoms with E-state index in [0.717, 1.165) is 5.56 Å². The molecule has 0 fully saturated rings. The van der Waals surface area contributed by atoms with E-state index in [0.29, 0.717) is 6.54 Å². The number of alkyl halides is 2. The molecular formula is C18H18ClF2N3O4. The van der Waals surface area contributed by atoms with E-state index in [4.69, 9.17) is 11.6 Å². The second-order valence-electron chi connectivity index (χ2n) is 6.02. The number of hydrogen-bond acceptors (Lipinski definition) is 5. The number of nitrogens with one attached hydrogen (secondary N) is 1. The molecule has 0 bridgehead atoms. The smallest absolute Gasteiger partial charge is 0.387 e. The van der Waals surface area contributed by atoms with Crippen molar-refractivity contribution >= 4 is 28.9 Å². The summed E-state index contributed by atoms with van der Waals surface area (Å²) in [6, 6.07) is 9.27. The molecule has 2 rings (SSSR count). The first-order valence-electron chi connectivity index (χ1n) is 8.16. The summed E-state index contributed by atoms with van der Waals surface area (Å²) in [7, 11) is 1.71. The normalized spacial score (nSPS) is 12.1. The molecule has 0 heterocycles. The number of rotatable bonds is 8. The summed E-state index contributed by atoms with van der Waals surface area (Å²) in [4.78, 5) is 24.5. The molecular weight excluding hydrogens is 396 g/mol. The highest BCUT2D eigenvalue weighted by Crippen LogP contribution is 2.27. The zero-order chi connectivity index (χ0) is 20.8. The number of nitrogens with zero attached hydrogens (tertiary/aromatic N) is 2. The summed E-state index contributed by atoms with van der Waals surface area (Å²) in [6.45, 7) is -0.862. The monoisotopic (exact) mass is 413 g/mol. The molecule has 0 aliphatic rings. The van der Waals surface area contributed by atoms with Crippen LogP contribution in [0, 0.1) is 10.1 Å². The van der Waals surface area contributed by atoms with Crippen LogP contribution in [0.2, 0.25) is 5.02 Å². The average molecular weight is 414 g/mol. The van der Waals surface area contributed by atoms with Crippen LogP contribution in [0.25, 0.3) is 0 Å². The summed E-state index contributed by atoms with van der Waals surface area (Å²) in [5, 5.41) is 13.6. The molecule has 0 aliphatic heterocycles. The van der Waals surface area contributed by atoms with Crippen LogP contribution in [0.1, 0.15) is 12.5 Å². The predicted octanol–water partition coefficient (Wildman–Crippen LogP) is 4.31. The molecule has 10 heteroatoms. The third-order valence-corrected chi connectivity index (χ3v) is 4.37.